The maximum Gasteiger partial charge on any atom is 2.00 e. The summed E-state index contributed by atoms with van der Waals surface area (Å²) in [5, 5.41) is 0. The predicted octanol–water partition coefficient (Wildman–Crippen LogP) is 14.7. The van der Waals surface area contributed by atoms with E-state index in [-0.39, 0.29) is 75.3 Å². The van der Waals surface area contributed by atoms with E-state index in [9.17, 15) is 45.1 Å². The molecule has 0 saturated heterocycles. The smallest absolute Gasteiger partial charge is 0.744 e. The van der Waals surface area contributed by atoms with Gasteiger partial charge in [0.1, 0.15) is 20.2 Å². The molecule has 0 saturated carbocycles. The van der Waals surface area contributed by atoms with Crippen LogP contribution in [0.2, 0.25) is 0 Å². The zero-order valence-corrected chi connectivity index (χ0v) is 50.8. The molecule has 0 bridgehead atoms. The molecule has 0 N–H and O–H groups in total. The molecule has 17 heteroatoms. The van der Waals surface area contributed by atoms with E-state index in [2.05, 4.69) is 76.3 Å². The Bertz CT molecular complexity index is 2130. The quantitative estimate of drug-likeness (QED) is 0.0151. The molecule has 0 aliphatic carbocycles. The van der Waals surface area contributed by atoms with Gasteiger partial charge in [0.05, 0.1) is 58.5 Å². The Morgan fingerprint density at radius 3 is 0.805 bits per heavy atom. The van der Waals surface area contributed by atoms with Crippen LogP contribution < -0.4 is 0 Å². The van der Waals surface area contributed by atoms with Crippen LogP contribution in [-0.2, 0) is 39.2 Å². The summed E-state index contributed by atoms with van der Waals surface area (Å²) in [4.78, 5) is 49.3. The summed E-state index contributed by atoms with van der Waals surface area (Å²) in [6, 6.07) is 7.05. The van der Waals surface area contributed by atoms with Gasteiger partial charge in [-0.15, -0.1) is 0 Å². The van der Waals surface area contributed by atoms with Crippen molar-refractivity contribution in [3.05, 3.63) is 107 Å². The fourth-order valence-electron chi connectivity index (χ4n) is 7.65. The molecule has 2 rings (SSSR count). The Morgan fingerprint density at radius 2 is 0.584 bits per heavy atom. The van der Waals surface area contributed by atoms with E-state index in [0.717, 1.165) is 89.2 Å². The molecule has 0 heterocycles. The van der Waals surface area contributed by atoms with Crippen LogP contribution >= 0.6 is 0 Å². The van der Waals surface area contributed by atoms with Gasteiger partial charge in [0, 0.05) is 0 Å². The standard InChI is InChI=1S/2C30H46O7S.Ca/c2*1-3-5-7-9-11-13-15-17-19-24-36-29(31)26-22-21-23-27(38(33,34)35)28(26)30(32)37-25-20-18-16-14-12-10-8-6-4-2;/h2*11-14,21-23H,3-10,15-20,24-25H2,1-2H3,(H,33,34,35);/q;;+2/p-2/b2*13-11+,14-12+;. The molecule has 2 aromatic rings. The average Bonchev–Trinajstić information content (AvgIpc) is 3.39. The van der Waals surface area contributed by atoms with Gasteiger partial charge in [0.15, 0.2) is 0 Å². The summed E-state index contributed by atoms with van der Waals surface area (Å²) in [7, 11) is -10.0. The van der Waals surface area contributed by atoms with Gasteiger partial charge in [-0.05, 0) is 153 Å². The van der Waals surface area contributed by atoms with Crippen molar-refractivity contribution in [2.24, 2.45) is 0 Å². The van der Waals surface area contributed by atoms with E-state index >= 15 is 0 Å². The second-order valence-electron chi connectivity index (χ2n) is 18.7. The van der Waals surface area contributed by atoms with Crippen molar-refractivity contribution in [1.29, 1.82) is 0 Å². The monoisotopic (exact) mass is 1140 g/mol. The van der Waals surface area contributed by atoms with Crippen LogP contribution in [0.5, 0.6) is 0 Å². The van der Waals surface area contributed by atoms with Crippen molar-refractivity contribution >= 4 is 81.9 Å². The summed E-state index contributed by atoms with van der Waals surface area (Å²) in [5.74, 6) is -3.75. The average molecular weight is 1140 g/mol. The largest absolute Gasteiger partial charge is 2.00 e. The zero-order valence-electron chi connectivity index (χ0n) is 46.9. The first-order valence-electron chi connectivity index (χ1n) is 28.1. The van der Waals surface area contributed by atoms with Crippen LogP contribution in [0.25, 0.3) is 0 Å². The molecule has 0 aromatic heterocycles. The van der Waals surface area contributed by atoms with Crippen LogP contribution in [0, 0.1) is 0 Å². The number of carbonyl (C=O) groups excluding carboxylic acids is 4. The van der Waals surface area contributed by atoms with Gasteiger partial charge in [-0.2, -0.15) is 0 Å². The number of allylic oxidation sites excluding steroid dienone is 8. The Labute approximate surface area is 493 Å². The number of rotatable bonds is 42. The fourth-order valence-corrected chi connectivity index (χ4v) is 9.03. The second kappa shape index (κ2) is 47.2. The SMILES string of the molecule is CCCCC/C=C/CCCCOC(=O)c1cccc(S(=O)(=O)[O-])c1C(=O)OCCCC/C=C/CCCCC.CCCCC/C=C/CCCCOC(=O)c1cccc(S(=O)(=O)[O-])c1C(=O)OCCCC/C=C/CCCCC.[Ca+2]. The molecule has 0 aliphatic heterocycles. The van der Waals surface area contributed by atoms with Gasteiger partial charge in [-0.1, -0.05) is 140 Å². The van der Waals surface area contributed by atoms with Crippen molar-refractivity contribution in [3.63, 3.8) is 0 Å². The molecule has 0 aliphatic rings. The number of benzene rings is 2. The van der Waals surface area contributed by atoms with Crippen molar-refractivity contribution < 1.29 is 64.1 Å². The Hall–Kier alpha value is -3.64. The second-order valence-corrected chi connectivity index (χ2v) is 21.4. The molecule has 0 fully saturated rings. The first kappa shape index (κ1) is 73.4. The summed E-state index contributed by atoms with van der Waals surface area (Å²) >= 11 is 0. The normalized spacial score (nSPS) is 11.7. The van der Waals surface area contributed by atoms with E-state index in [4.69, 9.17) is 18.9 Å². The molecular formula is C60H90CaO14S2. The molecule has 77 heavy (non-hydrogen) atoms. The first-order chi connectivity index (χ1) is 36.6. The maximum absolute atomic E-state index is 12.8. The molecule has 14 nitrogen and oxygen atoms in total. The van der Waals surface area contributed by atoms with Crippen molar-refractivity contribution in [2.75, 3.05) is 26.4 Å². The van der Waals surface area contributed by atoms with Crippen LogP contribution in [0.15, 0.2) is 94.8 Å². The predicted molar refractivity (Wildman–Crippen MR) is 304 cm³/mol. The minimum atomic E-state index is -5.01. The molecule has 2 aromatic carbocycles. The van der Waals surface area contributed by atoms with E-state index in [1.807, 2.05) is 0 Å². The van der Waals surface area contributed by atoms with E-state index < -0.39 is 65.0 Å². The number of esters is 4. The number of hydrogen-bond donors (Lipinski definition) is 0. The Kier molecular flexibility index (Phi) is 45.0. The summed E-state index contributed by atoms with van der Waals surface area (Å²) in [5.41, 5.74) is -1.67. The van der Waals surface area contributed by atoms with Crippen molar-refractivity contribution in [3.8, 4) is 0 Å². The van der Waals surface area contributed by atoms with Crippen molar-refractivity contribution in [1.82, 2.24) is 0 Å². The third-order valence-electron chi connectivity index (χ3n) is 12.0. The molecule has 428 valence electrons. The van der Waals surface area contributed by atoms with E-state index in [0.29, 0.717) is 25.7 Å². The van der Waals surface area contributed by atoms with Crippen LogP contribution in [0.3, 0.4) is 0 Å². The van der Waals surface area contributed by atoms with E-state index in [1.54, 1.807) is 0 Å². The molecule has 0 unspecified atom stereocenters. The van der Waals surface area contributed by atoms with Gasteiger partial charge in [0.25, 0.3) is 0 Å². The number of ether oxygens (including phenoxy) is 4. The maximum atomic E-state index is 12.8. The summed E-state index contributed by atoms with van der Waals surface area (Å²) < 4.78 is 91.8. The van der Waals surface area contributed by atoms with Gasteiger partial charge < -0.3 is 28.1 Å². The topological polar surface area (TPSA) is 220 Å². The third-order valence-corrected chi connectivity index (χ3v) is 13.8. The Balaban J connectivity index is 0.00000148. The molecule has 0 atom stereocenters. The van der Waals surface area contributed by atoms with Crippen molar-refractivity contribution in [2.45, 2.75) is 217 Å². The molecule has 0 radical (unpaired) electrons. The van der Waals surface area contributed by atoms with Crippen LogP contribution in [-0.4, -0.2) is 114 Å². The van der Waals surface area contributed by atoms with E-state index in [1.165, 1.54) is 101 Å². The Morgan fingerprint density at radius 1 is 0.364 bits per heavy atom. The molecule has 0 amide bonds. The van der Waals surface area contributed by atoms with Gasteiger partial charge >= 0.3 is 61.6 Å². The number of unbranched alkanes of at least 4 members (excludes halogenated alkanes) is 20. The molecular weight excluding hydrogens is 1050 g/mol. The zero-order chi connectivity index (χ0) is 56.1. The number of hydrogen-bond acceptors (Lipinski definition) is 14. The van der Waals surface area contributed by atoms with Gasteiger partial charge in [-0.25, -0.2) is 36.0 Å². The molecule has 0 spiro atoms. The minimum Gasteiger partial charge on any atom is -0.744 e. The first-order valence-corrected chi connectivity index (χ1v) is 30.9. The van der Waals surface area contributed by atoms with Gasteiger partial charge in [-0.3, -0.25) is 0 Å². The van der Waals surface area contributed by atoms with Crippen LogP contribution in [0.1, 0.15) is 249 Å². The third kappa shape index (κ3) is 35.6. The number of carbonyl (C=O) groups is 4. The van der Waals surface area contributed by atoms with Gasteiger partial charge in [0.2, 0.25) is 0 Å². The summed E-state index contributed by atoms with van der Waals surface area (Å²) in [6.45, 7) is 9.02. The van der Waals surface area contributed by atoms with Crippen LogP contribution in [0.4, 0.5) is 0 Å². The minimum absolute atomic E-state index is 0. The summed E-state index contributed by atoms with van der Waals surface area (Å²) in [6.07, 6.45) is 44.8. The fraction of sp³-hybridized carbons (Fsp3) is 0.600.